The van der Waals surface area contributed by atoms with Crippen LogP contribution in [0.25, 0.3) is 0 Å². The summed E-state index contributed by atoms with van der Waals surface area (Å²) < 4.78 is 5.52. The van der Waals surface area contributed by atoms with Crippen molar-refractivity contribution >= 4 is 5.91 Å². The summed E-state index contributed by atoms with van der Waals surface area (Å²) in [6.45, 7) is 4.51. The molecule has 2 aliphatic heterocycles. The van der Waals surface area contributed by atoms with Gasteiger partial charge in [0, 0.05) is 37.7 Å². The summed E-state index contributed by atoms with van der Waals surface area (Å²) in [4.78, 5) is 15.2. The first-order chi connectivity index (χ1) is 11.2. The lowest BCUT2D eigenvalue weighted by Crippen LogP contribution is -2.49. The van der Waals surface area contributed by atoms with Crippen LogP contribution in [-0.4, -0.2) is 50.6 Å². The topological polar surface area (TPSA) is 53.6 Å². The highest BCUT2D eigenvalue weighted by Gasteiger charge is 2.60. The minimum Gasteiger partial charge on any atom is -0.496 e. The molecule has 3 atom stereocenters. The molecule has 1 spiro atoms. The summed E-state index contributed by atoms with van der Waals surface area (Å²) in [5.74, 6) is 1.42. The molecule has 5 heteroatoms. The second kappa shape index (κ2) is 5.80. The fourth-order valence-corrected chi connectivity index (χ4v) is 4.32. The average molecular weight is 315 g/mol. The first kappa shape index (κ1) is 15.0. The first-order valence-corrected chi connectivity index (χ1v) is 8.60. The van der Waals surface area contributed by atoms with Crippen molar-refractivity contribution < 1.29 is 9.53 Å². The van der Waals surface area contributed by atoms with Crippen LogP contribution in [0.2, 0.25) is 0 Å². The van der Waals surface area contributed by atoms with Gasteiger partial charge in [-0.1, -0.05) is 18.2 Å². The standard InChI is InChI=1S/C18H25N3O2/c1-23-16-5-3-2-4-13(16)15-11-19-8-9-21(15)17(22)14-10-18(14)6-7-20-12-18/h2-5,14-15,19-20H,6-12H2,1H3. The first-order valence-electron chi connectivity index (χ1n) is 8.60. The Labute approximate surface area is 137 Å². The summed E-state index contributed by atoms with van der Waals surface area (Å²) in [6.07, 6.45) is 2.20. The molecule has 5 nitrogen and oxygen atoms in total. The van der Waals surface area contributed by atoms with Crippen LogP contribution in [-0.2, 0) is 4.79 Å². The maximum absolute atomic E-state index is 13.1. The number of benzene rings is 1. The third-order valence-electron chi connectivity index (χ3n) is 5.79. The van der Waals surface area contributed by atoms with E-state index in [0.717, 1.165) is 56.9 Å². The Kier molecular flexibility index (Phi) is 3.77. The molecule has 124 valence electrons. The van der Waals surface area contributed by atoms with Gasteiger partial charge in [0.2, 0.25) is 5.91 Å². The van der Waals surface area contributed by atoms with Gasteiger partial charge < -0.3 is 20.3 Å². The van der Waals surface area contributed by atoms with Gasteiger partial charge in [-0.25, -0.2) is 0 Å². The molecule has 3 fully saturated rings. The summed E-state index contributed by atoms with van der Waals surface area (Å²) in [5, 5.41) is 6.85. The number of carbonyl (C=O) groups is 1. The van der Waals surface area contributed by atoms with Gasteiger partial charge in [0.1, 0.15) is 5.75 Å². The van der Waals surface area contributed by atoms with Gasteiger partial charge >= 0.3 is 0 Å². The van der Waals surface area contributed by atoms with Crippen molar-refractivity contribution in [1.29, 1.82) is 0 Å². The van der Waals surface area contributed by atoms with Crippen LogP contribution in [0.15, 0.2) is 24.3 Å². The number of nitrogens with one attached hydrogen (secondary N) is 2. The molecule has 3 aliphatic rings. The Hall–Kier alpha value is -1.59. The van der Waals surface area contributed by atoms with Gasteiger partial charge in [-0.05, 0) is 30.9 Å². The summed E-state index contributed by atoms with van der Waals surface area (Å²) >= 11 is 0. The molecule has 4 rings (SSSR count). The van der Waals surface area contributed by atoms with E-state index in [9.17, 15) is 4.79 Å². The Bertz CT molecular complexity index is 598. The van der Waals surface area contributed by atoms with Crippen LogP contribution < -0.4 is 15.4 Å². The highest BCUT2D eigenvalue weighted by atomic mass is 16.5. The maximum Gasteiger partial charge on any atom is 0.226 e. The number of hydrogen-bond acceptors (Lipinski definition) is 4. The number of rotatable bonds is 3. The van der Waals surface area contributed by atoms with Crippen LogP contribution in [0.5, 0.6) is 5.75 Å². The van der Waals surface area contributed by atoms with Gasteiger partial charge in [-0.15, -0.1) is 0 Å². The molecule has 1 aromatic carbocycles. The monoisotopic (exact) mass is 315 g/mol. The van der Waals surface area contributed by atoms with Crippen molar-refractivity contribution in [3.63, 3.8) is 0 Å². The largest absolute Gasteiger partial charge is 0.496 e. The van der Waals surface area contributed by atoms with E-state index in [1.54, 1.807) is 7.11 Å². The molecule has 0 radical (unpaired) electrons. The summed E-state index contributed by atoms with van der Waals surface area (Å²) in [6, 6.07) is 8.13. The zero-order valence-corrected chi connectivity index (χ0v) is 13.7. The maximum atomic E-state index is 13.1. The van der Waals surface area contributed by atoms with Crippen molar-refractivity contribution in [3.8, 4) is 5.75 Å². The average Bonchev–Trinajstić information content (AvgIpc) is 3.10. The molecule has 3 unspecified atom stereocenters. The fraction of sp³-hybridized carbons (Fsp3) is 0.611. The lowest BCUT2D eigenvalue weighted by Gasteiger charge is -2.37. The predicted molar refractivity (Wildman–Crippen MR) is 88.3 cm³/mol. The van der Waals surface area contributed by atoms with Crippen LogP contribution in [0.3, 0.4) is 0 Å². The molecule has 2 N–H and O–H groups in total. The number of hydrogen-bond donors (Lipinski definition) is 2. The van der Waals surface area contributed by atoms with E-state index in [-0.39, 0.29) is 17.4 Å². The SMILES string of the molecule is COc1ccccc1C1CNCCN1C(=O)C1CC12CCNC2. The molecule has 0 aromatic heterocycles. The quantitative estimate of drug-likeness (QED) is 0.879. The molecule has 1 saturated carbocycles. The van der Waals surface area contributed by atoms with E-state index in [4.69, 9.17) is 4.74 Å². The number of ether oxygens (including phenoxy) is 1. The van der Waals surface area contributed by atoms with Crippen molar-refractivity contribution in [2.24, 2.45) is 11.3 Å². The number of nitrogens with zero attached hydrogens (tertiary/aromatic N) is 1. The van der Waals surface area contributed by atoms with Gasteiger partial charge in [0.05, 0.1) is 13.2 Å². The lowest BCUT2D eigenvalue weighted by molar-refractivity contribution is -0.136. The number of methoxy groups -OCH3 is 1. The van der Waals surface area contributed by atoms with Gasteiger partial charge in [-0.3, -0.25) is 4.79 Å². The minimum absolute atomic E-state index is 0.0689. The van der Waals surface area contributed by atoms with Crippen molar-refractivity contribution in [2.45, 2.75) is 18.9 Å². The molecule has 23 heavy (non-hydrogen) atoms. The van der Waals surface area contributed by atoms with E-state index >= 15 is 0 Å². The normalized spacial score (nSPS) is 33.0. The van der Waals surface area contributed by atoms with Crippen LogP contribution in [0, 0.1) is 11.3 Å². The third kappa shape index (κ3) is 2.52. The number of amides is 1. The second-order valence-corrected chi connectivity index (χ2v) is 7.04. The van der Waals surface area contributed by atoms with Crippen LogP contribution in [0.1, 0.15) is 24.4 Å². The highest BCUT2D eigenvalue weighted by molar-refractivity contribution is 5.83. The molecule has 1 aliphatic carbocycles. The Morgan fingerprint density at radius 2 is 2.17 bits per heavy atom. The van der Waals surface area contributed by atoms with Gasteiger partial charge in [0.25, 0.3) is 0 Å². The number of piperazine rings is 1. The van der Waals surface area contributed by atoms with Gasteiger partial charge in [-0.2, -0.15) is 0 Å². The van der Waals surface area contributed by atoms with Crippen molar-refractivity contribution in [1.82, 2.24) is 15.5 Å². The van der Waals surface area contributed by atoms with Crippen molar-refractivity contribution in [3.05, 3.63) is 29.8 Å². The van der Waals surface area contributed by atoms with E-state index in [0.29, 0.717) is 5.91 Å². The summed E-state index contributed by atoms with van der Waals surface area (Å²) in [5.41, 5.74) is 1.36. The number of carbonyl (C=O) groups excluding carboxylic acids is 1. The predicted octanol–water partition coefficient (Wildman–Crippen LogP) is 1.17. The number of para-hydroxylation sites is 1. The van der Waals surface area contributed by atoms with Crippen LogP contribution in [0.4, 0.5) is 0 Å². The lowest BCUT2D eigenvalue weighted by atomic mass is 9.98. The van der Waals surface area contributed by atoms with Gasteiger partial charge in [0.15, 0.2) is 0 Å². The smallest absolute Gasteiger partial charge is 0.226 e. The molecule has 2 saturated heterocycles. The Balaban J connectivity index is 1.57. The summed E-state index contributed by atoms with van der Waals surface area (Å²) in [7, 11) is 1.70. The second-order valence-electron chi connectivity index (χ2n) is 7.04. The molecular weight excluding hydrogens is 290 g/mol. The fourth-order valence-electron chi connectivity index (χ4n) is 4.32. The zero-order chi connectivity index (χ0) is 15.9. The highest BCUT2D eigenvalue weighted by Crippen LogP contribution is 2.57. The molecule has 2 heterocycles. The Morgan fingerprint density at radius 3 is 2.96 bits per heavy atom. The minimum atomic E-state index is 0.0689. The zero-order valence-electron chi connectivity index (χ0n) is 13.7. The van der Waals surface area contributed by atoms with E-state index in [1.807, 2.05) is 18.2 Å². The van der Waals surface area contributed by atoms with E-state index in [1.165, 1.54) is 0 Å². The molecule has 0 bridgehead atoms. The molecule has 1 aromatic rings. The van der Waals surface area contributed by atoms with Crippen molar-refractivity contribution in [2.75, 3.05) is 39.8 Å². The van der Waals surface area contributed by atoms with E-state index in [2.05, 4.69) is 21.6 Å². The third-order valence-corrected chi connectivity index (χ3v) is 5.79. The molecule has 1 amide bonds. The Morgan fingerprint density at radius 1 is 1.30 bits per heavy atom. The van der Waals surface area contributed by atoms with E-state index < -0.39 is 0 Å². The molecular formula is C18H25N3O2. The van der Waals surface area contributed by atoms with Crippen LogP contribution >= 0.6 is 0 Å².